The molecule has 2 heterocycles. The summed E-state index contributed by atoms with van der Waals surface area (Å²) in [6.45, 7) is 3.25. The summed E-state index contributed by atoms with van der Waals surface area (Å²) in [7, 11) is -2.77. The molecular formula is C16H24N2O2S. The Kier molecular flexibility index (Phi) is 4.62. The Morgan fingerprint density at radius 1 is 1.14 bits per heavy atom. The highest BCUT2D eigenvalue weighted by molar-refractivity contribution is 7.91. The highest BCUT2D eigenvalue weighted by Crippen LogP contribution is 2.16. The van der Waals surface area contributed by atoms with Gasteiger partial charge in [-0.05, 0) is 31.4 Å². The van der Waals surface area contributed by atoms with Crippen molar-refractivity contribution in [3.8, 4) is 0 Å². The zero-order valence-electron chi connectivity index (χ0n) is 12.4. The number of hydrogen-bond acceptors (Lipinski definition) is 4. The van der Waals surface area contributed by atoms with Gasteiger partial charge in [-0.3, -0.25) is 0 Å². The maximum Gasteiger partial charge on any atom is 0.151 e. The lowest BCUT2D eigenvalue weighted by Gasteiger charge is -2.19. The highest BCUT2D eigenvalue weighted by Gasteiger charge is 2.31. The van der Waals surface area contributed by atoms with E-state index >= 15 is 0 Å². The van der Waals surface area contributed by atoms with Gasteiger partial charge in [0.2, 0.25) is 0 Å². The Hall–Kier alpha value is -0.910. The molecular weight excluding hydrogens is 284 g/mol. The predicted octanol–water partition coefficient (Wildman–Crippen LogP) is 1.08. The molecule has 5 heteroatoms. The highest BCUT2D eigenvalue weighted by atomic mass is 32.2. The summed E-state index contributed by atoms with van der Waals surface area (Å²) in [5, 5.41) is 3.54. The Balaban J connectivity index is 1.41. The summed E-state index contributed by atoms with van der Waals surface area (Å²) < 4.78 is 23.0. The maximum absolute atomic E-state index is 11.5. The molecule has 2 fully saturated rings. The van der Waals surface area contributed by atoms with Gasteiger partial charge in [0.25, 0.3) is 0 Å². The van der Waals surface area contributed by atoms with E-state index in [-0.39, 0.29) is 6.04 Å². The Morgan fingerprint density at radius 3 is 2.67 bits per heavy atom. The summed E-state index contributed by atoms with van der Waals surface area (Å²) in [4.78, 5) is 2.48. The zero-order valence-corrected chi connectivity index (χ0v) is 13.2. The van der Waals surface area contributed by atoms with Crippen LogP contribution in [0.1, 0.15) is 18.4 Å². The van der Waals surface area contributed by atoms with Gasteiger partial charge in [-0.25, -0.2) is 8.42 Å². The molecule has 3 rings (SSSR count). The minimum absolute atomic E-state index is 0.175. The average molecular weight is 308 g/mol. The van der Waals surface area contributed by atoms with Crippen molar-refractivity contribution in [2.24, 2.45) is 0 Å². The summed E-state index contributed by atoms with van der Waals surface area (Å²) in [6, 6.07) is 11.2. The molecule has 0 aliphatic carbocycles. The van der Waals surface area contributed by atoms with Crippen LogP contribution in [0.3, 0.4) is 0 Å². The number of rotatable bonds is 5. The van der Waals surface area contributed by atoms with Crippen LogP contribution < -0.4 is 5.32 Å². The topological polar surface area (TPSA) is 49.4 Å². The first-order valence-corrected chi connectivity index (χ1v) is 9.66. The average Bonchev–Trinajstić information content (AvgIpc) is 3.04. The van der Waals surface area contributed by atoms with Crippen LogP contribution in [0, 0.1) is 0 Å². The number of nitrogens with one attached hydrogen (secondary N) is 1. The lowest BCUT2D eigenvalue weighted by molar-refractivity contribution is 0.327. The molecule has 0 aromatic heterocycles. The monoisotopic (exact) mass is 308 g/mol. The Morgan fingerprint density at radius 2 is 1.95 bits per heavy atom. The molecule has 2 unspecified atom stereocenters. The van der Waals surface area contributed by atoms with Gasteiger partial charge in [0, 0.05) is 25.2 Å². The largest absolute Gasteiger partial charge is 0.309 e. The summed E-state index contributed by atoms with van der Waals surface area (Å²) in [5.41, 5.74) is 1.38. The summed E-state index contributed by atoms with van der Waals surface area (Å²) in [5.74, 6) is 0.683. The van der Waals surface area contributed by atoms with Gasteiger partial charge in [0.1, 0.15) is 0 Å². The number of likely N-dealkylation sites (tertiary alicyclic amines) is 1. The summed E-state index contributed by atoms with van der Waals surface area (Å²) in [6.07, 6.45) is 3.00. The Bertz CT molecular complexity index is 559. The molecule has 2 aliphatic heterocycles. The molecule has 0 spiro atoms. The molecule has 116 valence electrons. The van der Waals surface area contributed by atoms with Crippen LogP contribution in [0.15, 0.2) is 30.3 Å². The number of sulfone groups is 1. The molecule has 1 aromatic carbocycles. The van der Waals surface area contributed by atoms with E-state index in [1.807, 2.05) is 0 Å². The van der Waals surface area contributed by atoms with E-state index in [0.29, 0.717) is 17.5 Å². The van der Waals surface area contributed by atoms with Crippen molar-refractivity contribution in [1.82, 2.24) is 10.2 Å². The summed E-state index contributed by atoms with van der Waals surface area (Å²) >= 11 is 0. The van der Waals surface area contributed by atoms with Crippen LogP contribution >= 0.6 is 0 Å². The van der Waals surface area contributed by atoms with Crippen molar-refractivity contribution in [3.05, 3.63) is 35.9 Å². The van der Waals surface area contributed by atoms with Crippen molar-refractivity contribution in [2.45, 2.75) is 31.3 Å². The molecule has 0 radical (unpaired) electrons. The minimum atomic E-state index is -2.77. The van der Waals surface area contributed by atoms with Crippen LogP contribution in [0.2, 0.25) is 0 Å². The van der Waals surface area contributed by atoms with E-state index in [0.717, 1.165) is 38.9 Å². The van der Waals surface area contributed by atoms with Crippen LogP contribution in [0.25, 0.3) is 0 Å². The SMILES string of the molecule is O=S1(=O)CCC(NC2CCN(CCc3ccccc3)C2)C1. The van der Waals surface area contributed by atoms with E-state index in [9.17, 15) is 8.42 Å². The molecule has 4 nitrogen and oxygen atoms in total. The van der Waals surface area contributed by atoms with Gasteiger partial charge in [0.15, 0.2) is 9.84 Å². The fourth-order valence-corrected chi connectivity index (χ4v) is 5.05. The third-order valence-electron chi connectivity index (χ3n) is 4.54. The van der Waals surface area contributed by atoms with Crippen molar-refractivity contribution in [3.63, 3.8) is 0 Å². The van der Waals surface area contributed by atoms with Gasteiger partial charge in [0.05, 0.1) is 11.5 Å². The van der Waals surface area contributed by atoms with Gasteiger partial charge in [-0.2, -0.15) is 0 Å². The van der Waals surface area contributed by atoms with Crippen LogP contribution in [-0.4, -0.2) is 56.5 Å². The Labute approximate surface area is 127 Å². The zero-order chi connectivity index (χ0) is 14.7. The van der Waals surface area contributed by atoms with E-state index < -0.39 is 9.84 Å². The lowest BCUT2D eigenvalue weighted by atomic mass is 10.1. The molecule has 2 aliphatic rings. The van der Waals surface area contributed by atoms with Crippen molar-refractivity contribution in [2.75, 3.05) is 31.1 Å². The maximum atomic E-state index is 11.5. The minimum Gasteiger partial charge on any atom is -0.309 e. The third kappa shape index (κ3) is 4.28. The van der Waals surface area contributed by atoms with Crippen LogP contribution in [0.4, 0.5) is 0 Å². The molecule has 0 amide bonds. The van der Waals surface area contributed by atoms with Crippen LogP contribution in [-0.2, 0) is 16.3 Å². The fourth-order valence-electron chi connectivity index (χ4n) is 3.36. The number of hydrogen-bond donors (Lipinski definition) is 1. The number of nitrogens with zero attached hydrogens (tertiary/aromatic N) is 1. The first-order valence-electron chi connectivity index (χ1n) is 7.83. The lowest BCUT2D eigenvalue weighted by Crippen LogP contribution is -2.40. The van der Waals surface area contributed by atoms with Crippen molar-refractivity contribution >= 4 is 9.84 Å². The molecule has 2 saturated heterocycles. The smallest absolute Gasteiger partial charge is 0.151 e. The second-order valence-electron chi connectivity index (χ2n) is 6.29. The second kappa shape index (κ2) is 6.46. The number of benzene rings is 1. The first kappa shape index (κ1) is 15.0. The van der Waals surface area contributed by atoms with Gasteiger partial charge < -0.3 is 10.2 Å². The van der Waals surface area contributed by atoms with Crippen molar-refractivity contribution < 1.29 is 8.42 Å². The first-order chi connectivity index (χ1) is 10.1. The molecule has 1 aromatic rings. The van der Waals surface area contributed by atoms with E-state index in [4.69, 9.17) is 0 Å². The van der Waals surface area contributed by atoms with Crippen LogP contribution in [0.5, 0.6) is 0 Å². The van der Waals surface area contributed by atoms with Crippen molar-refractivity contribution in [1.29, 1.82) is 0 Å². The molecule has 21 heavy (non-hydrogen) atoms. The second-order valence-corrected chi connectivity index (χ2v) is 8.52. The molecule has 0 saturated carbocycles. The fraction of sp³-hybridized carbons (Fsp3) is 0.625. The van der Waals surface area contributed by atoms with E-state index in [2.05, 4.69) is 40.5 Å². The third-order valence-corrected chi connectivity index (χ3v) is 6.30. The van der Waals surface area contributed by atoms with Gasteiger partial charge in [-0.15, -0.1) is 0 Å². The molecule has 1 N–H and O–H groups in total. The van der Waals surface area contributed by atoms with E-state index in [1.54, 1.807) is 0 Å². The molecule has 0 bridgehead atoms. The predicted molar refractivity (Wildman–Crippen MR) is 85.2 cm³/mol. The normalized spacial score (nSPS) is 29.0. The standard InChI is InChI=1S/C16H24N2O2S/c19-21(20)11-8-16(13-21)17-15-7-10-18(12-15)9-6-14-4-2-1-3-5-14/h1-5,15-17H,6-13H2. The van der Waals surface area contributed by atoms with E-state index in [1.165, 1.54) is 5.56 Å². The molecule has 2 atom stereocenters. The van der Waals surface area contributed by atoms with Gasteiger partial charge >= 0.3 is 0 Å². The van der Waals surface area contributed by atoms with Gasteiger partial charge in [-0.1, -0.05) is 30.3 Å². The quantitative estimate of drug-likeness (QED) is 0.884.